The molecule has 0 heterocycles. The van der Waals surface area contributed by atoms with Crippen molar-refractivity contribution in [3.05, 3.63) is 95.6 Å². The third-order valence-electron chi connectivity index (χ3n) is 4.07. The van der Waals surface area contributed by atoms with E-state index < -0.39 is 12.0 Å². The Bertz CT molecular complexity index is 881. The third kappa shape index (κ3) is 4.86. The summed E-state index contributed by atoms with van der Waals surface area (Å²) >= 11 is 0. The molecule has 27 heavy (non-hydrogen) atoms. The zero-order valence-corrected chi connectivity index (χ0v) is 14.7. The molecule has 0 aliphatic heterocycles. The van der Waals surface area contributed by atoms with Gasteiger partial charge in [-0.05, 0) is 17.2 Å². The molecule has 0 saturated carbocycles. The molecular weight excluding hydrogens is 342 g/mol. The second-order valence-electron chi connectivity index (χ2n) is 6.04. The van der Waals surface area contributed by atoms with E-state index >= 15 is 0 Å². The van der Waals surface area contributed by atoms with Gasteiger partial charge in [-0.15, -0.1) is 0 Å². The zero-order chi connectivity index (χ0) is 19.1. The Kier molecular flexibility index (Phi) is 6.07. The number of benzene rings is 3. The van der Waals surface area contributed by atoms with E-state index in [0.29, 0.717) is 23.7 Å². The van der Waals surface area contributed by atoms with Gasteiger partial charge in [0.15, 0.2) is 11.5 Å². The molecule has 3 aromatic rings. The number of carboxylic acid groups (broad SMARTS) is 1. The van der Waals surface area contributed by atoms with Gasteiger partial charge in [0.1, 0.15) is 19.3 Å². The average molecular weight is 363 g/mol. The quantitative estimate of drug-likeness (QED) is 0.634. The van der Waals surface area contributed by atoms with Gasteiger partial charge in [0.2, 0.25) is 0 Å². The predicted molar refractivity (Wildman–Crippen MR) is 103 cm³/mol. The lowest BCUT2D eigenvalue weighted by atomic mass is 10.1. The predicted octanol–water partition coefficient (Wildman–Crippen LogP) is 3.93. The van der Waals surface area contributed by atoms with Crippen LogP contribution >= 0.6 is 0 Å². The minimum atomic E-state index is -1.20. The van der Waals surface area contributed by atoms with Gasteiger partial charge in [-0.25, -0.2) is 0 Å². The number of carboxylic acids is 1. The summed E-state index contributed by atoms with van der Waals surface area (Å²) in [7, 11) is 0. The van der Waals surface area contributed by atoms with Crippen LogP contribution < -0.4 is 15.2 Å². The number of hydrogen-bond acceptors (Lipinski definition) is 4. The van der Waals surface area contributed by atoms with Crippen LogP contribution in [0.2, 0.25) is 0 Å². The average Bonchev–Trinajstić information content (AvgIpc) is 2.71. The molecule has 3 N–H and O–H groups in total. The van der Waals surface area contributed by atoms with Gasteiger partial charge in [-0.1, -0.05) is 72.8 Å². The smallest absolute Gasteiger partial charge is 0.325 e. The number of hydrogen-bond donors (Lipinski definition) is 2. The van der Waals surface area contributed by atoms with E-state index in [1.54, 1.807) is 18.2 Å². The first kappa shape index (κ1) is 18.5. The summed E-state index contributed by atoms with van der Waals surface area (Å²) in [4.78, 5) is 11.4. The second-order valence-corrected chi connectivity index (χ2v) is 6.04. The molecular formula is C22H21NO4. The lowest BCUT2D eigenvalue weighted by Gasteiger charge is -2.18. The van der Waals surface area contributed by atoms with Gasteiger partial charge < -0.3 is 20.3 Å². The minimum Gasteiger partial charge on any atom is -0.485 e. The number of nitrogens with two attached hydrogens (primary N) is 1. The molecule has 0 radical (unpaired) electrons. The summed E-state index contributed by atoms with van der Waals surface area (Å²) in [5.74, 6) is -0.309. The first-order valence-electron chi connectivity index (χ1n) is 8.60. The number of aliphatic carboxylic acids is 1. The molecule has 1 unspecified atom stereocenters. The largest absolute Gasteiger partial charge is 0.485 e. The van der Waals surface area contributed by atoms with Crippen LogP contribution in [0.1, 0.15) is 22.7 Å². The van der Waals surface area contributed by atoms with Crippen molar-refractivity contribution in [2.45, 2.75) is 19.3 Å². The monoisotopic (exact) mass is 363 g/mol. The topological polar surface area (TPSA) is 81.8 Å². The molecule has 0 aliphatic carbocycles. The number of para-hydroxylation sites is 1. The van der Waals surface area contributed by atoms with Gasteiger partial charge in [0, 0.05) is 5.56 Å². The molecule has 5 nitrogen and oxygen atoms in total. The van der Waals surface area contributed by atoms with Gasteiger partial charge in [0.25, 0.3) is 0 Å². The van der Waals surface area contributed by atoms with Gasteiger partial charge in [-0.3, -0.25) is 4.79 Å². The van der Waals surface area contributed by atoms with Gasteiger partial charge >= 0.3 is 5.97 Å². The fraction of sp³-hybridized carbons (Fsp3) is 0.136. The van der Waals surface area contributed by atoms with Crippen molar-refractivity contribution in [2.75, 3.05) is 0 Å². The van der Waals surface area contributed by atoms with Crippen molar-refractivity contribution >= 4 is 5.97 Å². The summed E-state index contributed by atoms with van der Waals surface area (Å²) in [5, 5.41) is 9.32. The molecule has 138 valence electrons. The van der Waals surface area contributed by atoms with E-state index in [9.17, 15) is 9.90 Å². The molecule has 1 atom stereocenters. The van der Waals surface area contributed by atoms with Crippen molar-refractivity contribution in [2.24, 2.45) is 5.73 Å². The molecule has 0 saturated heterocycles. The molecule has 0 aromatic heterocycles. The standard InChI is InChI=1S/C22H21NO4/c23-20(22(24)25)18-12-7-13-19(26-14-16-8-3-1-4-9-16)21(18)27-15-17-10-5-2-6-11-17/h1-13,20H,14-15,23H2,(H,24,25). The van der Waals surface area contributed by atoms with Crippen molar-refractivity contribution in [1.82, 2.24) is 0 Å². The van der Waals surface area contributed by atoms with E-state index in [-0.39, 0.29) is 6.61 Å². The van der Waals surface area contributed by atoms with Crippen LogP contribution in [0.3, 0.4) is 0 Å². The Hall–Kier alpha value is -3.31. The number of rotatable bonds is 8. The maximum absolute atomic E-state index is 11.4. The van der Waals surface area contributed by atoms with Crippen LogP contribution in [0.5, 0.6) is 11.5 Å². The molecule has 3 rings (SSSR count). The molecule has 0 amide bonds. The Morgan fingerprint density at radius 3 is 1.93 bits per heavy atom. The fourth-order valence-electron chi connectivity index (χ4n) is 2.64. The van der Waals surface area contributed by atoms with Crippen molar-refractivity contribution < 1.29 is 19.4 Å². The summed E-state index contributed by atoms with van der Waals surface area (Å²) in [6.07, 6.45) is 0. The molecule has 5 heteroatoms. The van der Waals surface area contributed by atoms with E-state index in [2.05, 4.69) is 0 Å². The highest BCUT2D eigenvalue weighted by Gasteiger charge is 2.22. The molecule has 0 aliphatic rings. The maximum atomic E-state index is 11.4. The minimum absolute atomic E-state index is 0.284. The Morgan fingerprint density at radius 2 is 1.37 bits per heavy atom. The Balaban J connectivity index is 1.86. The van der Waals surface area contributed by atoms with Crippen LogP contribution in [0, 0.1) is 0 Å². The van der Waals surface area contributed by atoms with E-state index in [4.69, 9.17) is 15.2 Å². The van der Waals surface area contributed by atoms with Crippen molar-refractivity contribution in [3.63, 3.8) is 0 Å². The van der Waals surface area contributed by atoms with E-state index in [0.717, 1.165) is 11.1 Å². The normalized spacial score (nSPS) is 11.6. The first-order valence-corrected chi connectivity index (χ1v) is 8.60. The summed E-state index contributed by atoms with van der Waals surface area (Å²) in [6.45, 7) is 0.625. The molecule has 0 spiro atoms. The van der Waals surface area contributed by atoms with Crippen molar-refractivity contribution in [1.29, 1.82) is 0 Å². The highest BCUT2D eigenvalue weighted by Crippen LogP contribution is 2.35. The lowest BCUT2D eigenvalue weighted by molar-refractivity contribution is -0.138. The number of carbonyl (C=O) groups is 1. The van der Waals surface area contributed by atoms with E-state index in [1.807, 2.05) is 60.7 Å². The summed E-state index contributed by atoms with van der Waals surface area (Å²) in [6, 6.07) is 23.3. The summed E-state index contributed by atoms with van der Waals surface area (Å²) in [5.41, 5.74) is 8.19. The van der Waals surface area contributed by atoms with Gasteiger partial charge in [0.05, 0.1) is 0 Å². The second kappa shape index (κ2) is 8.87. The lowest BCUT2D eigenvalue weighted by Crippen LogP contribution is -2.21. The fourth-order valence-corrected chi connectivity index (χ4v) is 2.64. The molecule has 3 aromatic carbocycles. The molecule has 0 bridgehead atoms. The zero-order valence-electron chi connectivity index (χ0n) is 14.7. The first-order chi connectivity index (χ1) is 13.1. The number of ether oxygens (including phenoxy) is 2. The Morgan fingerprint density at radius 1 is 0.815 bits per heavy atom. The van der Waals surface area contributed by atoms with Crippen LogP contribution in [0.15, 0.2) is 78.9 Å². The third-order valence-corrected chi connectivity index (χ3v) is 4.07. The highest BCUT2D eigenvalue weighted by atomic mass is 16.5. The van der Waals surface area contributed by atoms with Crippen LogP contribution in [-0.4, -0.2) is 11.1 Å². The van der Waals surface area contributed by atoms with E-state index in [1.165, 1.54) is 0 Å². The van der Waals surface area contributed by atoms with Gasteiger partial charge in [-0.2, -0.15) is 0 Å². The Labute approximate surface area is 158 Å². The highest BCUT2D eigenvalue weighted by molar-refractivity contribution is 5.77. The van der Waals surface area contributed by atoms with Crippen LogP contribution in [0.4, 0.5) is 0 Å². The van der Waals surface area contributed by atoms with Crippen LogP contribution in [-0.2, 0) is 18.0 Å². The summed E-state index contributed by atoms with van der Waals surface area (Å²) < 4.78 is 11.9. The SMILES string of the molecule is NC(C(=O)O)c1cccc(OCc2ccccc2)c1OCc1ccccc1. The van der Waals surface area contributed by atoms with Crippen molar-refractivity contribution in [3.8, 4) is 11.5 Å². The maximum Gasteiger partial charge on any atom is 0.325 e. The molecule has 0 fully saturated rings. The van der Waals surface area contributed by atoms with Crippen LogP contribution in [0.25, 0.3) is 0 Å².